The van der Waals surface area contributed by atoms with Crippen LogP contribution in [0.5, 0.6) is 0 Å². The first-order valence-electron chi connectivity index (χ1n) is 4.17. The fourth-order valence-corrected chi connectivity index (χ4v) is 1.45. The molecule has 0 spiro atoms. The van der Waals surface area contributed by atoms with E-state index in [1.54, 1.807) is 0 Å². The molecule has 1 aromatic heterocycles. The van der Waals surface area contributed by atoms with Gasteiger partial charge in [0.1, 0.15) is 11.8 Å². The Morgan fingerprint density at radius 3 is 2.50 bits per heavy atom. The van der Waals surface area contributed by atoms with Crippen LogP contribution in [0, 0.1) is 5.82 Å². The Morgan fingerprint density at radius 1 is 1.25 bits per heavy atom. The fourth-order valence-electron chi connectivity index (χ4n) is 1.45. The van der Waals surface area contributed by atoms with Crippen LogP contribution in [0.4, 0.5) is 17.6 Å². The third-order valence-corrected chi connectivity index (χ3v) is 2.14. The summed E-state index contributed by atoms with van der Waals surface area (Å²) in [4.78, 5) is 10.6. The normalized spacial score (nSPS) is 12.0. The van der Waals surface area contributed by atoms with Gasteiger partial charge >= 0.3 is 6.18 Å². The highest BCUT2D eigenvalue weighted by molar-refractivity contribution is 5.98. The van der Waals surface area contributed by atoms with Crippen LogP contribution in [-0.4, -0.2) is 6.29 Å². The van der Waals surface area contributed by atoms with Gasteiger partial charge in [0.2, 0.25) is 0 Å². The van der Waals surface area contributed by atoms with Crippen molar-refractivity contribution in [2.75, 3.05) is 0 Å². The molecule has 1 heterocycles. The van der Waals surface area contributed by atoms with Gasteiger partial charge in [0.25, 0.3) is 0 Å². The lowest BCUT2D eigenvalue weighted by Gasteiger charge is -2.04. The van der Waals surface area contributed by atoms with Crippen LogP contribution in [0.15, 0.2) is 22.8 Å². The fraction of sp³-hybridized carbons (Fsp3) is 0.100. The molecule has 0 unspecified atom stereocenters. The predicted octanol–water partition coefficient (Wildman–Crippen LogP) is 3.40. The van der Waals surface area contributed by atoms with E-state index in [1.165, 1.54) is 0 Å². The minimum Gasteiger partial charge on any atom is -0.461 e. The number of alkyl halides is 3. The highest BCUT2D eigenvalue weighted by atomic mass is 19.4. The molecule has 0 aliphatic heterocycles. The molecule has 16 heavy (non-hydrogen) atoms. The molecule has 0 bridgehead atoms. The summed E-state index contributed by atoms with van der Waals surface area (Å²) >= 11 is 0. The van der Waals surface area contributed by atoms with Crippen molar-refractivity contribution in [3.63, 3.8) is 0 Å². The largest absolute Gasteiger partial charge is 0.461 e. The highest BCUT2D eigenvalue weighted by Crippen LogP contribution is 2.38. The zero-order valence-electron chi connectivity index (χ0n) is 7.64. The molecule has 2 rings (SSSR count). The standard InChI is InChI=1S/C10H4F4O2/c11-7-2-1-5(3-15)8-6(10(12,13)14)4-16-9(7)8/h1-4H. The van der Waals surface area contributed by atoms with Gasteiger partial charge in [-0.3, -0.25) is 4.79 Å². The van der Waals surface area contributed by atoms with Crippen molar-refractivity contribution in [1.29, 1.82) is 0 Å². The molecule has 2 nitrogen and oxygen atoms in total. The first-order valence-corrected chi connectivity index (χ1v) is 4.17. The molecule has 0 amide bonds. The molecule has 0 aliphatic carbocycles. The molecule has 1 aromatic carbocycles. The predicted molar refractivity (Wildman–Crippen MR) is 46.6 cm³/mol. The average molecular weight is 232 g/mol. The summed E-state index contributed by atoms with van der Waals surface area (Å²) in [5, 5.41) is -0.539. The molecule has 0 radical (unpaired) electrons. The van der Waals surface area contributed by atoms with Crippen LogP contribution in [0.1, 0.15) is 15.9 Å². The minimum atomic E-state index is -4.68. The summed E-state index contributed by atoms with van der Waals surface area (Å²) in [5.74, 6) is -0.934. The van der Waals surface area contributed by atoms with Crippen molar-refractivity contribution in [3.05, 3.63) is 35.3 Å². The van der Waals surface area contributed by atoms with E-state index in [4.69, 9.17) is 0 Å². The van der Waals surface area contributed by atoms with Crippen molar-refractivity contribution in [3.8, 4) is 0 Å². The molecule has 0 atom stereocenters. The Morgan fingerprint density at radius 2 is 1.94 bits per heavy atom. The molecule has 0 saturated carbocycles. The summed E-state index contributed by atoms with van der Waals surface area (Å²) in [6, 6.07) is 1.87. The second-order valence-electron chi connectivity index (χ2n) is 3.11. The molecule has 0 N–H and O–H groups in total. The summed E-state index contributed by atoms with van der Waals surface area (Å²) in [5.41, 5.74) is -1.96. The van der Waals surface area contributed by atoms with Crippen LogP contribution >= 0.6 is 0 Å². The van der Waals surface area contributed by atoms with Gasteiger partial charge in [-0.2, -0.15) is 13.2 Å². The quantitative estimate of drug-likeness (QED) is 0.557. The van der Waals surface area contributed by atoms with Crippen molar-refractivity contribution in [1.82, 2.24) is 0 Å². The van der Waals surface area contributed by atoms with E-state index in [1.807, 2.05) is 0 Å². The molecule has 6 heteroatoms. The average Bonchev–Trinajstić information content (AvgIpc) is 2.63. The van der Waals surface area contributed by atoms with E-state index in [2.05, 4.69) is 4.42 Å². The number of fused-ring (bicyclic) bond motifs is 1. The number of rotatable bonds is 1. The van der Waals surface area contributed by atoms with E-state index in [-0.39, 0.29) is 11.8 Å². The Labute approximate surface area is 86.5 Å². The van der Waals surface area contributed by atoms with E-state index >= 15 is 0 Å². The smallest absolute Gasteiger partial charge is 0.420 e. The van der Waals surface area contributed by atoms with Crippen molar-refractivity contribution in [2.24, 2.45) is 0 Å². The van der Waals surface area contributed by atoms with Gasteiger partial charge in [-0.1, -0.05) is 0 Å². The van der Waals surface area contributed by atoms with Gasteiger partial charge in [-0.15, -0.1) is 0 Å². The van der Waals surface area contributed by atoms with Crippen LogP contribution < -0.4 is 0 Å². The van der Waals surface area contributed by atoms with E-state index in [0.717, 1.165) is 12.1 Å². The van der Waals surface area contributed by atoms with Crippen molar-refractivity contribution >= 4 is 17.3 Å². The number of hydrogen-bond donors (Lipinski definition) is 0. The number of aldehydes is 1. The number of carbonyl (C=O) groups is 1. The molecule has 84 valence electrons. The van der Waals surface area contributed by atoms with Gasteiger partial charge < -0.3 is 4.42 Å². The van der Waals surface area contributed by atoms with E-state index < -0.39 is 28.5 Å². The Bertz CT molecular complexity index is 554. The third-order valence-electron chi connectivity index (χ3n) is 2.14. The minimum absolute atomic E-state index is 0.229. The lowest BCUT2D eigenvalue weighted by atomic mass is 10.1. The van der Waals surface area contributed by atoms with Gasteiger partial charge in [0.05, 0.1) is 0 Å². The second kappa shape index (κ2) is 3.33. The second-order valence-corrected chi connectivity index (χ2v) is 3.11. The topological polar surface area (TPSA) is 30.2 Å². The zero-order valence-corrected chi connectivity index (χ0v) is 7.64. The maximum atomic E-state index is 13.1. The number of furan rings is 1. The molecule has 0 fully saturated rings. The number of carbonyl (C=O) groups excluding carboxylic acids is 1. The lowest BCUT2D eigenvalue weighted by molar-refractivity contribution is -0.136. The zero-order chi connectivity index (χ0) is 11.9. The Balaban J connectivity index is 2.89. The molecule has 0 aliphatic rings. The van der Waals surface area contributed by atoms with Crippen molar-refractivity contribution in [2.45, 2.75) is 6.18 Å². The van der Waals surface area contributed by atoms with Crippen LogP contribution in [-0.2, 0) is 6.18 Å². The number of halogens is 4. The Kier molecular flexibility index (Phi) is 2.22. The van der Waals surface area contributed by atoms with Gasteiger partial charge in [-0.25, -0.2) is 4.39 Å². The molecule has 2 aromatic rings. The lowest BCUT2D eigenvalue weighted by Crippen LogP contribution is -2.04. The SMILES string of the molecule is O=Cc1ccc(F)c2occ(C(F)(F)F)c12. The van der Waals surface area contributed by atoms with Crippen LogP contribution in [0.25, 0.3) is 11.0 Å². The third kappa shape index (κ3) is 1.46. The summed E-state index contributed by atoms with van der Waals surface area (Å²) < 4.78 is 55.1. The summed E-state index contributed by atoms with van der Waals surface area (Å²) in [6.07, 6.45) is -4.05. The number of benzene rings is 1. The first kappa shape index (κ1) is 10.7. The molecule has 0 saturated heterocycles. The van der Waals surface area contributed by atoms with Gasteiger partial charge in [0, 0.05) is 10.9 Å². The van der Waals surface area contributed by atoms with Crippen LogP contribution in [0.2, 0.25) is 0 Å². The monoisotopic (exact) mass is 232 g/mol. The molecular formula is C10H4F4O2. The summed E-state index contributed by atoms with van der Waals surface area (Å²) in [6.45, 7) is 0. The number of hydrogen-bond acceptors (Lipinski definition) is 2. The maximum Gasteiger partial charge on any atom is 0.420 e. The highest BCUT2D eigenvalue weighted by Gasteiger charge is 2.36. The van der Waals surface area contributed by atoms with E-state index in [0.29, 0.717) is 6.26 Å². The summed E-state index contributed by atoms with van der Waals surface area (Å²) in [7, 11) is 0. The van der Waals surface area contributed by atoms with Gasteiger partial charge in [-0.05, 0) is 12.1 Å². The van der Waals surface area contributed by atoms with Gasteiger partial charge in [0.15, 0.2) is 17.7 Å². The van der Waals surface area contributed by atoms with Crippen molar-refractivity contribution < 1.29 is 26.8 Å². The van der Waals surface area contributed by atoms with E-state index in [9.17, 15) is 22.4 Å². The van der Waals surface area contributed by atoms with Crippen LogP contribution in [0.3, 0.4) is 0 Å². The molecular weight excluding hydrogens is 228 g/mol. The Hall–Kier alpha value is -1.85. The first-order chi connectivity index (χ1) is 7.45. The maximum absolute atomic E-state index is 13.1.